The minimum atomic E-state index is -0.474. The van der Waals surface area contributed by atoms with Gasteiger partial charge in [-0.2, -0.15) is 0 Å². The summed E-state index contributed by atoms with van der Waals surface area (Å²) in [6.45, 7) is 3.76. The van der Waals surface area contributed by atoms with Crippen molar-refractivity contribution in [1.29, 1.82) is 0 Å². The number of hydrogen-bond acceptors (Lipinski definition) is 5. The molecule has 0 aromatic rings. The van der Waals surface area contributed by atoms with E-state index >= 15 is 0 Å². The van der Waals surface area contributed by atoms with Crippen LogP contribution in [0.3, 0.4) is 0 Å². The highest BCUT2D eigenvalue weighted by Gasteiger charge is 2.48. The molecule has 2 fully saturated rings. The smallest absolute Gasteiger partial charge is 0.344 e. The molecular formula is C21H30O5. The Bertz CT molecular complexity index is 583. The predicted octanol–water partition coefficient (Wildman–Crippen LogP) is 3.60. The van der Waals surface area contributed by atoms with E-state index in [1.807, 2.05) is 6.08 Å². The van der Waals surface area contributed by atoms with Crippen LogP contribution in [0.1, 0.15) is 65.2 Å². The summed E-state index contributed by atoms with van der Waals surface area (Å²) in [7, 11) is 0. The lowest BCUT2D eigenvalue weighted by atomic mass is 9.74. The Kier molecular flexibility index (Phi) is 5.83. The SMILES string of the molecule is CCC(CC)(OC(=O)COC(=O)C1CC2C=CC1C2=O)C1CCCCC1. The third kappa shape index (κ3) is 3.58. The molecule has 0 spiro atoms. The Labute approximate surface area is 155 Å². The summed E-state index contributed by atoms with van der Waals surface area (Å²) >= 11 is 0. The topological polar surface area (TPSA) is 69.7 Å². The fraction of sp³-hybridized carbons (Fsp3) is 0.762. The number of esters is 2. The van der Waals surface area contributed by atoms with Crippen LogP contribution in [0.5, 0.6) is 0 Å². The maximum absolute atomic E-state index is 12.4. The summed E-state index contributed by atoms with van der Waals surface area (Å²) < 4.78 is 11.1. The van der Waals surface area contributed by atoms with Crippen molar-refractivity contribution in [3.05, 3.63) is 12.2 Å². The Morgan fingerprint density at radius 1 is 1.12 bits per heavy atom. The Balaban J connectivity index is 1.53. The van der Waals surface area contributed by atoms with Gasteiger partial charge in [0.15, 0.2) is 6.61 Å². The second-order valence-electron chi connectivity index (χ2n) is 7.95. The number of fused-ring (bicyclic) bond motifs is 2. The Morgan fingerprint density at radius 3 is 2.35 bits per heavy atom. The van der Waals surface area contributed by atoms with Crippen molar-refractivity contribution in [2.24, 2.45) is 23.7 Å². The van der Waals surface area contributed by atoms with Crippen molar-refractivity contribution in [2.75, 3.05) is 6.61 Å². The predicted molar refractivity (Wildman–Crippen MR) is 96.2 cm³/mol. The molecule has 3 unspecified atom stereocenters. The fourth-order valence-electron chi connectivity index (χ4n) is 5.06. The number of allylic oxidation sites excluding steroid dienone is 2. The molecule has 5 nitrogen and oxygen atoms in total. The highest BCUT2D eigenvalue weighted by Crippen LogP contribution is 2.41. The van der Waals surface area contributed by atoms with Gasteiger partial charge in [0, 0.05) is 11.8 Å². The van der Waals surface area contributed by atoms with Crippen molar-refractivity contribution in [2.45, 2.75) is 70.8 Å². The summed E-state index contributed by atoms with van der Waals surface area (Å²) in [4.78, 5) is 36.6. The third-order valence-corrected chi connectivity index (χ3v) is 6.68. The molecule has 3 aliphatic carbocycles. The zero-order valence-corrected chi connectivity index (χ0v) is 15.9. The normalized spacial score (nSPS) is 28.4. The zero-order chi connectivity index (χ0) is 18.7. The number of carbonyl (C=O) groups is 3. The molecule has 2 bridgehead atoms. The molecule has 5 heteroatoms. The number of ketones is 1. The molecule has 0 aromatic heterocycles. The fourth-order valence-corrected chi connectivity index (χ4v) is 5.06. The van der Waals surface area contributed by atoms with E-state index in [1.165, 1.54) is 19.3 Å². The van der Waals surface area contributed by atoms with E-state index < -0.39 is 23.5 Å². The monoisotopic (exact) mass is 362 g/mol. The van der Waals surface area contributed by atoms with Crippen molar-refractivity contribution in [3.8, 4) is 0 Å². The van der Waals surface area contributed by atoms with Crippen LogP contribution in [-0.4, -0.2) is 29.9 Å². The van der Waals surface area contributed by atoms with Gasteiger partial charge < -0.3 is 9.47 Å². The van der Waals surface area contributed by atoms with Gasteiger partial charge in [-0.05, 0) is 38.0 Å². The highest BCUT2D eigenvalue weighted by molar-refractivity contribution is 5.97. The van der Waals surface area contributed by atoms with Crippen molar-refractivity contribution < 1.29 is 23.9 Å². The second-order valence-corrected chi connectivity index (χ2v) is 7.95. The first kappa shape index (κ1) is 19.1. The lowest BCUT2D eigenvalue weighted by molar-refractivity contribution is -0.179. The van der Waals surface area contributed by atoms with Gasteiger partial charge in [0.2, 0.25) is 0 Å². The van der Waals surface area contributed by atoms with E-state index in [0.717, 1.165) is 25.7 Å². The Morgan fingerprint density at radius 2 is 1.81 bits per heavy atom. The molecule has 0 N–H and O–H groups in total. The van der Waals surface area contributed by atoms with Crippen molar-refractivity contribution in [1.82, 2.24) is 0 Å². The first-order valence-corrected chi connectivity index (χ1v) is 10.1. The first-order chi connectivity index (χ1) is 12.5. The summed E-state index contributed by atoms with van der Waals surface area (Å²) in [5, 5.41) is 0. The van der Waals surface area contributed by atoms with Gasteiger partial charge in [-0.15, -0.1) is 0 Å². The van der Waals surface area contributed by atoms with E-state index in [9.17, 15) is 14.4 Å². The third-order valence-electron chi connectivity index (χ3n) is 6.68. The number of Topliss-reactive ketones (excluding diaryl/α,β-unsaturated/α-hetero) is 1. The standard InChI is InChI=1S/C21H30O5/c1-3-21(4-2,15-8-6-5-7-9-15)26-18(22)13-25-20(24)17-12-14-10-11-16(17)19(14)23/h10-11,14-17H,3-9,12-13H2,1-2H3. The molecule has 3 rings (SSSR count). The summed E-state index contributed by atoms with van der Waals surface area (Å²) in [6.07, 6.45) is 11.5. The van der Waals surface area contributed by atoms with Gasteiger partial charge >= 0.3 is 11.9 Å². The van der Waals surface area contributed by atoms with Crippen LogP contribution in [0.2, 0.25) is 0 Å². The lowest BCUT2D eigenvalue weighted by Crippen LogP contribution is -2.43. The molecule has 2 saturated carbocycles. The van der Waals surface area contributed by atoms with Crippen LogP contribution in [-0.2, 0) is 23.9 Å². The van der Waals surface area contributed by atoms with Crippen LogP contribution < -0.4 is 0 Å². The summed E-state index contributed by atoms with van der Waals surface area (Å²) in [6, 6.07) is 0. The van der Waals surface area contributed by atoms with Gasteiger partial charge in [0.1, 0.15) is 11.4 Å². The quantitative estimate of drug-likeness (QED) is 0.511. The molecule has 0 aliphatic heterocycles. The molecule has 3 atom stereocenters. The second kappa shape index (κ2) is 7.93. The largest absolute Gasteiger partial charge is 0.456 e. The van der Waals surface area contributed by atoms with Gasteiger partial charge in [-0.25, -0.2) is 4.79 Å². The maximum atomic E-state index is 12.4. The zero-order valence-electron chi connectivity index (χ0n) is 15.9. The van der Waals surface area contributed by atoms with Crippen LogP contribution in [0.4, 0.5) is 0 Å². The van der Waals surface area contributed by atoms with E-state index in [2.05, 4.69) is 13.8 Å². The molecule has 0 amide bonds. The van der Waals surface area contributed by atoms with Crippen LogP contribution in [0.25, 0.3) is 0 Å². The summed E-state index contributed by atoms with van der Waals surface area (Å²) in [5.74, 6) is -1.39. The molecule has 0 heterocycles. The number of ether oxygens (including phenoxy) is 2. The molecule has 3 aliphatic rings. The molecule has 0 saturated heterocycles. The van der Waals surface area contributed by atoms with E-state index in [0.29, 0.717) is 12.3 Å². The average Bonchev–Trinajstić information content (AvgIpc) is 3.19. The summed E-state index contributed by atoms with van der Waals surface area (Å²) in [5.41, 5.74) is -0.449. The Hall–Kier alpha value is -1.65. The van der Waals surface area contributed by atoms with E-state index in [1.54, 1.807) is 6.08 Å². The average molecular weight is 362 g/mol. The lowest BCUT2D eigenvalue weighted by Gasteiger charge is -2.41. The molecule has 144 valence electrons. The first-order valence-electron chi connectivity index (χ1n) is 10.1. The molecular weight excluding hydrogens is 332 g/mol. The molecule has 0 aromatic carbocycles. The molecule has 26 heavy (non-hydrogen) atoms. The van der Waals surface area contributed by atoms with Gasteiger partial charge in [0.25, 0.3) is 0 Å². The van der Waals surface area contributed by atoms with Gasteiger partial charge in [-0.1, -0.05) is 45.3 Å². The minimum Gasteiger partial charge on any atom is -0.456 e. The highest BCUT2D eigenvalue weighted by atomic mass is 16.6. The van der Waals surface area contributed by atoms with Crippen LogP contribution in [0.15, 0.2) is 12.2 Å². The van der Waals surface area contributed by atoms with Gasteiger partial charge in [0.05, 0.1) is 5.92 Å². The number of carbonyl (C=O) groups excluding carboxylic acids is 3. The molecule has 0 radical (unpaired) electrons. The van der Waals surface area contributed by atoms with Crippen LogP contribution >= 0.6 is 0 Å². The van der Waals surface area contributed by atoms with Crippen molar-refractivity contribution >= 4 is 17.7 Å². The van der Waals surface area contributed by atoms with Crippen molar-refractivity contribution in [3.63, 3.8) is 0 Å². The minimum absolute atomic E-state index is 0.0998. The number of hydrogen-bond donors (Lipinski definition) is 0. The van der Waals surface area contributed by atoms with E-state index in [-0.39, 0.29) is 24.2 Å². The number of rotatable bonds is 7. The van der Waals surface area contributed by atoms with Gasteiger partial charge in [-0.3, -0.25) is 9.59 Å². The van der Waals surface area contributed by atoms with Crippen LogP contribution in [0, 0.1) is 23.7 Å². The van der Waals surface area contributed by atoms with E-state index in [4.69, 9.17) is 9.47 Å². The maximum Gasteiger partial charge on any atom is 0.344 e.